The molecule has 0 fully saturated rings. The van der Waals surface area contributed by atoms with Crippen LogP contribution in [0.3, 0.4) is 0 Å². The molecule has 34 heavy (non-hydrogen) atoms. The first-order chi connectivity index (χ1) is 16.3. The summed E-state index contributed by atoms with van der Waals surface area (Å²) in [4.78, 5) is 32.3. The van der Waals surface area contributed by atoms with Crippen molar-refractivity contribution >= 4 is 28.7 Å². The van der Waals surface area contributed by atoms with E-state index >= 15 is 0 Å². The van der Waals surface area contributed by atoms with Gasteiger partial charge in [0.05, 0.1) is 25.3 Å². The normalized spacial score (nSPS) is 11.5. The number of aliphatic carboxylic acids is 2. The van der Waals surface area contributed by atoms with Crippen molar-refractivity contribution in [3.63, 3.8) is 0 Å². The number of quaternary nitrogens is 1. The Morgan fingerprint density at radius 3 is 2.26 bits per heavy atom. The van der Waals surface area contributed by atoms with Gasteiger partial charge in [-0.3, -0.25) is 4.79 Å². The molecule has 1 aromatic heterocycles. The Labute approximate surface area is 198 Å². The summed E-state index contributed by atoms with van der Waals surface area (Å²) in [6, 6.07) is 18.4. The number of carboxylic acids is 2. The maximum atomic E-state index is 12.8. The van der Waals surface area contributed by atoms with Crippen molar-refractivity contribution in [3.8, 4) is 0 Å². The van der Waals surface area contributed by atoms with Gasteiger partial charge >= 0.3 is 11.9 Å². The number of ether oxygens (including phenoxy) is 1. The molecule has 8 nitrogen and oxygen atoms in total. The van der Waals surface area contributed by atoms with Crippen molar-refractivity contribution in [2.24, 2.45) is 5.92 Å². The van der Waals surface area contributed by atoms with E-state index in [0.717, 1.165) is 31.0 Å². The van der Waals surface area contributed by atoms with E-state index in [0.29, 0.717) is 19.4 Å². The summed E-state index contributed by atoms with van der Waals surface area (Å²) in [5.41, 5.74) is 1.14. The van der Waals surface area contributed by atoms with Gasteiger partial charge in [-0.2, -0.15) is 0 Å². The number of esters is 1. The molecular weight excluding hydrogens is 438 g/mol. The maximum absolute atomic E-state index is 12.8. The van der Waals surface area contributed by atoms with Crippen LogP contribution in [-0.4, -0.2) is 49.3 Å². The molecule has 1 unspecified atom stereocenters. The zero-order valence-electron chi connectivity index (χ0n) is 19.5. The van der Waals surface area contributed by atoms with E-state index in [2.05, 4.69) is 44.2 Å². The second kappa shape index (κ2) is 13.8. The van der Waals surface area contributed by atoms with Crippen LogP contribution in [0.25, 0.3) is 10.8 Å². The van der Waals surface area contributed by atoms with Gasteiger partial charge in [-0.05, 0) is 48.7 Å². The molecule has 0 saturated heterocycles. The van der Waals surface area contributed by atoms with Gasteiger partial charge in [0.1, 0.15) is 18.9 Å². The quantitative estimate of drug-likeness (QED) is 0.337. The minimum atomic E-state index is -2.07. The van der Waals surface area contributed by atoms with Gasteiger partial charge in [0, 0.05) is 6.42 Å². The summed E-state index contributed by atoms with van der Waals surface area (Å²) in [7, 11) is 0. The van der Waals surface area contributed by atoms with Gasteiger partial charge in [0.25, 0.3) is 0 Å². The van der Waals surface area contributed by atoms with Crippen LogP contribution in [0.15, 0.2) is 65.3 Å². The summed E-state index contributed by atoms with van der Waals surface area (Å²) >= 11 is 0. The SMILES string of the molecule is CC[NH+](CC)CCOC(=O)C(Cc1ccc2ccccc2c1)Cc1ccco1.O=C([O-])C(=O)O. The number of hydrogen-bond acceptors (Lipinski definition) is 6. The first-order valence-electron chi connectivity index (χ1n) is 11.3. The molecule has 0 aliphatic rings. The minimum Gasteiger partial charge on any atom is -0.539 e. The summed E-state index contributed by atoms with van der Waals surface area (Å²) in [6.45, 7) is 7.70. The van der Waals surface area contributed by atoms with Crippen LogP contribution in [0.2, 0.25) is 0 Å². The molecule has 0 spiro atoms. The van der Waals surface area contributed by atoms with E-state index in [1.54, 1.807) is 6.26 Å². The first kappa shape index (κ1) is 26.6. The van der Waals surface area contributed by atoms with Crippen molar-refractivity contribution in [1.82, 2.24) is 0 Å². The predicted molar refractivity (Wildman–Crippen MR) is 124 cm³/mol. The van der Waals surface area contributed by atoms with Gasteiger partial charge in [-0.1, -0.05) is 42.5 Å². The Morgan fingerprint density at radius 2 is 1.68 bits per heavy atom. The van der Waals surface area contributed by atoms with Crippen molar-refractivity contribution in [3.05, 3.63) is 72.2 Å². The highest BCUT2D eigenvalue weighted by Gasteiger charge is 2.23. The largest absolute Gasteiger partial charge is 0.539 e. The average molecular weight is 470 g/mol. The van der Waals surface area contributed by atoms with Crippen LogP contribution in [0.1, 0.15) is 25.2 Å². The van der Waals surface area contributed by atoms with Crippen LogP contribution in [0.4, 0.5) is 0 Å². The smallest absolute Gasteiger partial charge is 0.351 e. The Morgan fingerprint density at radius 1 is 1.00 bits per heavy atom. The molecule has 1 heterocycles. The summed E-state index contributed by atoms with van der Waals surface area (Å²) in [6.07, 6.45) is 2.84. The average Bonchev–Trinajstić information content (AvgIpc) is 3.35. The van der Waals surface area contributed by atoms with Gasteiger partial charge in [-0.15, -0.1) is 0 Å². The Kier molecular flexibility index (Phi) is 10.8. The molecule has 0 aliphatic heterocycles. The lowest BCUT2D eigenvalue weighted by atomic mass is 9.94. The lowest BCUT2D eigenvalue weighted by Crippen LogP contribution is -3.11. The molecule has 0 saturated carbocycles. The van der Waals surface area contributed by atoms with Crippen LogP contribution >= 0.6 is 0 Å². The molecule has 1 atom stereocenters. The van der Waals surface area contributed by atoms with E-state index in [9.17, 15) is 4.79 Å². The molecule has 2 N–H and O–H groups in total. The van der Waals surface area contributed by atoms with Crippen LogP contribution in [0.5, 0.6) is 0 Å². The number of likely N-dealkylation sites (N-methyl/N-ethyl adjacent to an activating group) is 1. The van der Waals surface area contributed by atoms with Crippen molar-refractivity contribution < 1.29 is 38.7 Å². The number of fused-ring (bicyclic) bond motifs is 1. The molecule has 8 heteroatoms. The number of hydrogen-bond donors (Lipinski definition) is 2. The van der Waals surface area contributed by atoms with Crippen molar-refractivity contribution in [2.75, 3.05) is 26.2 Å². The van der Waals surface area contributed by atoms with E-state index in [1.165, 1.54) is 15.7 Å². The van der Waals surface area contributed by atoms with Gasteiger partial charge in [-0.25, -0.2) is 4.79 Å². The fourth-order valence-corrected chi connectivity index (χ4v) is 3.58. The highest BCUT2D eigenvalue weighted by molar-refractivity contribution is 6.26. The molecule has 0 radical (unpaired) electrons. The molecule has 182 valence electrons. The number of carbonyl (C=O) groups is 3. The second-order valence-corrected chi connectivity index (χ2v) is 7.83. The zero-order chi connectivity index (χ0) is 24.9. The van der Waals surface area contributed by atoms with Crippen LogP contribution in [-0.2, 0) is 32.0 Å². The summed E-state index contributed by atoms with van der Waals surface area (Å²) in [5.74, 6) is -3.59. The standard InChI is InChI=1S/C24H29NO3.C2H2O4/c1-3-25(4-2)13-15-28-24(26)22(18-23-10-7-14-27-23)17-19-11-12-20-8-5-6-9-21(20)16-19;3-1(4)2(5)6/h5-12,14,16,22H,3-4,13,15,17-18H2,1-2H3;(H,3,4)(H,5,6). The monoisotopic (exact) mass is 469 g/mol. The van der Waals surface area contributed by atoms with Crippen LogP contribution < -0.4 is 10.0 Å². The predicted octanol–water partition coefficient (Wildman–Crippen LogP) is 1.12. The minimum absolute atomic E-state index is 0.142. The number of carboxylic acid groups (broad SMARTS) is 2. The number of rotatable bonds is 10. The first-order valence-corrected chi connectivity index (χ1v) is 11.3. The van der Waals surface area contributed by atoms with E-state index in [1.807, 2.05) is 24.3 Å². The molecule has 3 rings (SSSR count). The number of carbonyl (C=O) groups excluding carboxylic acids is 2. The Hall–Kier alpha value is -3.65. The van der Waals surface area contributed by atoms with Gasteiger partial charge < -0.3 is 29.1 Å². The highest BCUT2D eigenvalue weighted by atomic mass is 16.5. The summed E-state index contributed by atoms with van der Waals surface area (Å²) in [5, 5.41) is 18.7. The third kappa shape index (κ3) is 8.71. The van der Waals surface area contributed by atoms with E-state index in [-0.39, 0.29) is 11.9 Å². The summed E-state index contributed by atoms with van der Waals surface area (Å²) < 4.78 is 11.1. The zero-order valence-corrected chi connectivity index (χ0v) is 19.5. The molecule has 0 bridgehead atoms. The number of furan rings is 1. The molecular formula is C26H31NO7. The van der Waals surface area contributed by atoms with Gasteiger partial charge in [0.15, 0.2) is 5.97 Å². The molecule has 3 aromatic rings. The van der Waals surface area contributed by atoms with Crippen LogP contribution in [0, 0.1) is 5.92 Å². The number of benzene rings is 2. The fourth-order valence-electron chi connectivity index (χ4n) is 3.58. The van der Waals surface area contributed by atoms with E-state index in [4.69, 9.17) is 29.0 Å². The fraction of sp³-hybridized carbons (Fsp3) is 0.346. The van der Waals surface area contributed by atoms with E-state index < -0.39 is 11.9 Å². The highest BCUT2D eigenvalue weighted by Crippen LogP contribution is 2.21. The third-order valence-corrected chi connectivity index (χ3v) is 5.53. The Bertz CT molecular complexity index is 1050. The lowest BCUT2D eigenvalue weighted by Gasteiger charge is -2.18. The maximum Gasteiger partial charge on any atom is 0.351 e. The van der Waals surface area contributed by atoms with Crippen molar-refractivity contribution in [2.45, 2.75) is 26.7 Å². The Balaban J connectivity index is 0.000000604. The molecule has 0 amide bonds. The number of nitrogens with one attached hydrogen (secondary N) is 1. The molecule has 2 aromatic carbocycles. The lowest BCUT2D eigenvalue weighted by molar-refractivity contribution is -0.896. The topological polar surface area (TPSA) is 121 Å². The molecule has 0 aliphatic carbocycles. The van der Waals surface area contributed by atoms with Gasteiger partial charge in [0.2, 0.25) is 0 Å². The second-order valence-electron chi connectivity index (χ2n) is 7.83. The van der Waals surface area contributed by atoms with Crippen molar-refractivity contribution in [1.29, 1.82) is 0 Å². The third-order valence-electron chi connectivity index (χ3n) is 5.53.